The van der Waals surface area contributed by atoms with Crippen molar-refractivity contribution in [3.05, 3.63) is 112 Å². The summed E-state index contributed by atoms with van der Waals surface area (Å²) >= 11 is 0. The number of benzene rings is 3. The average molecular weight is 470 g/mol. The lowest BCUT2D eigenvalue weighted by atomic mass is 10.2. The van der Waals surface area contributed by atoms with E-state index in [9.17, 15) is 9.59 Å². The maximum Gasteiger partial charge on any atom is 0.258 e. The number of rotatable bonds is 10. The molecule has 0 bridgehead atoms. The van der Waals surface area contributed by atoms with Gasteiger partial charge in [0, 0.05) is 19.7 Å². The molecule has 178 valence electrons. The molecule has 0 atom stereocenters. The number of para-hydroxylation sites is 1. The number of carbonyl (C=O) groups excluding carboxylic acids is 1. The molecule has 1 aromatic heterocycles. The summed E-state index contributed by atoms with van der Waals surface area (Å²) in [5, 5.41) is 0.516. The molecule has 0 spiro atoms. The quantitative estimate of drug-likeness (QED) is 0.352. The van der Waals surface area contributed by atoms with E-state index in [-0.39, 0.29) is 18.0 Å². The minimum atomic E-state index is -0.227. The molecule has 0 aliphatic carbocycles. The Morgan fingerprint density at radius 2 is 1.74 bits per heavy atom. The summed E-state index contributed by atoms with van der Waals surface area (Å²) in [6.45, 7) is 1.39. The fraction of sp³-hybridized carbons (Fsp3) is 0.179. The van der Waals surface area contributed by atoms with Crippen molar-refractivity contribution in [3.8, 4) is 5.75 Å². The van der Waals surface area contributed by atoms with Crippen molar-refractivity contribution < 1.29 is 14.3 Å². The van der Waals surface area contributed by atoms with Crippen molar-refractivity contribution in [3.63, 3.8) is 0 Å². The first kappa shape index (κ1) is 23.9. The molecule has 0 radical (unpaired) electrons. The molecular formula is C28H27N3O4. The number of hydrogen-bond acceptors (Lipinski definition) is 5. The number of methoxy groups -OCH3 is 1. The third kappa shape index (κ3) is 6.65. The van der Waals surface area contributed by atoms with Crippen LogP contribution in [0.2, 0.25) is 0 Å². The summed E-state index contributed by atoms with van der Waals surface area (Å²) in [5.41, 5.74) is 2.33. The molecule has 0 aliphatic rings. The van der Waals surface area contributed by atoms with Crippen molar-refractivity contribution in [1.82, 2.24) is 14.9 Å². The van der Waals surface area contributed by atoms with E-state index in [1.807, 2.05) is 60.7 Å². The molecule has 0 aliphatic heterocycles. The number of H-pyrrole nitrogens is 1. The molecule has 1 amide bonds. The zero-order chi connectivity index (χ0) is 24.5. The molecule has 7 heteroatoms. The van der Waals surface area contributed by atoms with Gasteiger partial charge in [-0.25, -0.2) is 4.98 Å². The largest absolute Gasteiger partial charge is 0.489 e. The van der Waals surface area contributed by atoms with Gasteiger partial charge in [-0.3, -0.25) is 9.59 Å². The van der Waals surface area contributed by atoms with Gasteiger partial charge in [-0.05, 0) is 41.5 Å². The Morgan fingerprint density at radius 1 is 1.00 bits per heavy atom. The van der Waals surface area contributed by atoms with Crippen LogP contribution in [0.3, 0.4) is 0 Å². The van der Waals surface area contributed by atoms with E-state index in [4.69, 9.17) is 9.47 Å². The maximum absolute atomic E-state index is 12.9. The number of hydrogen-bond donors (Lipinski definition) is 1. The van der Waals surface area contributed by atoms with E-state index < -0.39 is 0 Å². The number of aromatic nitrogens is 2. The first-order chi connectivity index (χ1) is 17.1. The van der Waals surface area contributed by atoms with Gasteiger partial charge >= 0.3 is 0 Å². The minimum Gasteiger partial charge on any atom is -0.489 e. The summed E-state index contributed by atoms with van der Waals surface area (Å²) in [6, 6.07) is 24.6. The molecule has 4 rings (SSSR count). The molecular weight excluding hydrogens is 442 g/mol. The first-order valence-electron chi connectivity index (χ1n) is 11.3. The topological polar surface area (TPSA) is 84.5 Å². The number of aromatic amines is 1. The van der Waals surface area contributed by atoms with Gasteiger partial charge in [0.2, 0.25) is 5.91 Å². The first-order valence-corrected chi connectivity index (χ1v) is 11.3. The van der Waals surface area contributed by atoms with Gasteiger partial charge in [-0.2, -0.15) is 0 Å². The highest BCUT2D eigenvalue weighted by atomic mass is 16.5. The standard InChI is InChI=1S/C28H27N3O4/c1-34-18-17-31(19-26-29-25-10-6-5-9-24(25)28(33)30-26)27(32)16-13-21-11-14-23(15-12-21)35-20-22-7-3-2-4-8-22/h2-16H,17-20H2,1H3,(H,29,30,33)/b16-13+. The van der Waals surface area contributed by atoms with Crippen LogP contribution in [0.5, 0.6) is 5.75 Å². The van der Waals surface area contributed by atoms with Crippen molar-refractivity contribution in [1.29, 1.82) is 0 Å². The fourth-order valence-electron chi connectivity index (χ4n) is 3.55. The fourth-order valence-corrected chi connectivity index (χ4v) is 3.55. The van der Waals surface area contributed by atoms with Crippen molar-refractivity contribution >= 4 is 22.9 Å². The molecule has 4 aromatic rings. The Balaban J connectivity index is 1.41. The lowest BCUT2D eigenvalue weighted by Crippen LogP contribution is -2.33. The average Bonchev–Trinajstić information content (AvgIpc) is 2.89. The maximum atomic E-state index is 12.9. The van der Waals surface area contributed by atoms with E-state index in [0.717, 1.165) is 16.9 Å². The molecule has 0 saturated carbocycles. The van der Waals surface area contributed by atoms with Gasteiger partial charge in [-0.15, -0.1) is 0 Å². The Kier molecular flexibility index (Phi) is 8.04. The van der Waals surface area contributed by atoms with Crippen molar-refractivity contribution in [2.45, 2.75) is 13.2 Å². The SMILES string of the molecule is COCCN(Cc1nc2ccccc2c(=O)[nH]1)C(=O)/C=C/c1ccc(OCc2ccccc2)cc1. The highest BCUT2D eigenvalue weighted by Crippen LogP contribution is 2.15. The van der Waals surface area contributed by atoms with Gasteiger partial charge in [0.15, 0.2) is 0 Å². The number of ether oxygens (including phenoxy) is 2. The Labute approximate surface area is 203 Å². The third-order valence-corrected chi connectivity index (χ3v) is 5.43. The molecule has 1 heterocycles. The predicted molar refractivity (Wildman–Crippen MR) is 136 cm³/mol. The second kappa shape index (κ2) is 11.8. The highest BCUT2D eigenvalue weighted by molar-refractivity contribution is 5.91. The van der Waals surface area contributed by atoms with Gasteiger partial charge in [0.25, 0.3) is 5.56 Å². The van der Waals surface area contributed by atoms with Crippen LogP contribution in [-0.4, -0.2) is 41.0 Å². The predicted octanol–water partition coefficient (Wildman–Crippen LogP) is 4.19. The number of amides is 1. The van der Waals surface area contributed by atoms with Gasteiger partial charge in [0.1, 0.15) is 18.2 Å². The number of carbonyl (C=O) groups is 1. The van der Waals surface area contributed by atoms with E-state index in [1.54, 1.807) is 36.3 Å². The molecule has 3 aromatic carbocycles. The van der Waals surface area contributed by atoms with E-state index >= 15 is 0 Å². The van der Waals surface area contributed by atoms with Crippen LogP contribution in [0.25, 0.3) is 17.0 Å². The van der Waals surface area contributed by atoms with E-state index in [1.165, 1.54) is 6.08 Å². The summed E-state index contributed by atoms with van der Waals surface area (Å²) in [5.74, 6) is 0.971. The molecule has 0 unspecified atom stereocenters. The highest BCUT2D eigenvalue weighted by Gasteiger charge is 2.14. The summed E-state index contributed by atoms with van der Waals surface area (Å²) in [4.78, 5) is 34.2. The Hall–Kier alpha value is -4.23. The number of nitrogens with one attached hydrogen (secondary N) is 1. The van der Waals surface area contributed by atoms with E-state index in [0.29, 0.717) is 36.5 Å². The van der Waals surface area contributed by atoms with Crippen LogP contribution in [0.1, 0.15) is 17.0 Å². The van der Waals surface area contributed by atoms with Crippen molar-refractivity contribution in [2.24, 2.45) is 0 Å². The molecule has 0 fully saturated rings. The normalized spacial score (nSPS) is 11.1. The van der Waals surface area contributed by atoms with Gasteiger partial charge < -0.3 is 19.4 Å². The lowest BCUT2D eigenvalue weighted by molar-refractivity contribution is -0.127. The smallest absolute Gasteiger partial charge is 0.258 e. The second-order valence-corrected chi connectivity index (χ2v) is 7.96. The van der Waals surface area contributed by atoms with Crippen LogP contribution >= 0.6 is 0 Å². The number of nitrogens with zero attached hydrogens (tertiary/aromatic N) is 2. The summed E-state index contributed by atoms with van der Waals surface area (Å²) in [6.07, 6.45) is 3.26. The van der Waals surface area contributed by atoms with Crippen LogP contribution < -0.4 is 10.3 Å². The Bertz CT molecular complexity index is 1350. The van der Waals surface area contributed by atoms with Crippen molar-refractivity contribution in [2.75, 3.05) is 20.3 Å². The third-order valence-electron chi connectivity index (χ3n) is 5.43. The molecule has 7 nitrogen and oxygen atoms in total. The molecule has 0 saturated heterocycles. The minimum absolute atomic E-state index is 0.166. The second-order valence-electron chi connectivity index (χ2n) is 7.96. The van der Waals surface area contributed by atoms with E-state index in [2.05, 4.69) is 9.97 Å². The monoisotopic (exact) mass is 469 g/mol. The summed E-state index contributed by atoms with van der Waals surface area (Å²) in [7, 11) is 1.58. The molecule has 35 heavy (non-hydrogen) atoms. The summed E-state index contributed by atoms with van der Waals surface area (Å²) < 4.78 is 11.0. The van der Waals surface area contributed by atoms with Crippen LogP contribution in [0.4, 0.5) is 0 Å². The van der Waals surface area contributed by atoms with Crippen LogP contribution in [0, 0.1) is 0 Å². The zero-order valence-corrected chi connectivity index (χ0v) is 19.5. The van der Waals surface area contributed by atoms with Gasteiger partial charge in [0.05, 0.1) is 24.1 Å². The lowest BCUT2D eigenvalue weighted by Gasteiger charge is -2.20. The van der Waals surface area contributed by atoms with Crippen LogP contribution in [-0.2, 0) is 22.7 Å². The number of fused-ring (bicyclic) bond motifs is 1. The zero-order valence-electron chi connectivity index (χ0n) is 19.5. The Morgan fingerprint density at radius 3 is 2.51 bits per heavy atom. The van der Waals surface area contributed by atoms with Gasteiger partial charge in [-0.1, -0.05) is 54.6 Å². The molecule has 1 N–H and O–H groups in total. The van der Waals surface area contributed by atoms with Crippen LogP contribution in [0.15, 0.2) is 89.7 Å².